The third-order valence-electron chi connectivity index (χ3n) is 2.76. The van der Waals surface area contributed by atoms with Gasteiger partial charge in [0.05, 0.1) is 10.6 Å². The Morgan fingerprint density at radius 3 is 2.55 bits per heavy atom. The molecule has 0 unspecified atom stereocenters. The van der Waals surface area contributed by atoms with E-state index < -0.39 is 10.0 Å². The van der Waals surface area contributed by atoms with Crippen LogP contribution in [0.4, 0.5) is 5.69 Å². The van der Waals surface area contributed by atoms with E-state index in [4.69, 9.17) is 0 Å². The van der Waals surface area contributed by atoms with Crippen molar-refractivity contribution in [3.05, 3.63) is 18.2 Å². The van der Waals surface area contributed by atoms with Gasteiger partial charge in [0, 0.05) is 17.9 Å². The van der Waals surface area contributed by atoms with Gasteiger partial charge < -0.3 is 5.32 Å². The minimum absolute atomic E-state index is 0.135. The Hall–Kier alpha value is -1.05. The lowest BCUT2D eigenvalue weighted by atomic mass is 10.3. The molecule has 0 saturated carbocycles. The van der Waals surface area contributed by atoms with E-state index in [2.05, 4.69) is 10.0 Å². The fourth-order valence-corrected chi connectivity index (χ4v) is 3.44. The lowest BCUT2D eigenvalue weighted by Gasteiger charge is -2.14. The van der Waals surface area contributed by atoms with Crippen molar-refractivity contribution in [2.75, 3.05) is 11.6 Å². The second-order valence-electron chi connectivity index (χ2n) is 4.47. The van der Waals surface area contributed by atoms with Crippen LogP contribution in [0.5, 0.6) is 0 Å². The Labute approximate surface area is 124 Å². The van der Waals surface area contributed by atoms with E-state index in [9.17, 15) is 13.2 Å². The first-order valence-corrected chi connectivity index (χ1v) is 8.99. The van der Waals surface area contributed by atoms with E-state index in [1.807, 2.05) is 20.1 Å². The molecule has 0 aromatic heterocycles. The van der Waals surface area contributed by atoms with E-state index in [1.54, 1.807) is 12.1 Å². The highest BCUT2D eigenvalue weighted by molar-refractivity contribution is 7.98. The molecule has 0 radical (unpaired) electrons. The van der Waals surface area contributed by atoms with Crippen molar-refractivity contribution >= 4 is 33.4 Å². The maximum Gasteiger partial charge on any atom is 0.240 e. The van der Waals surface area contributed by atoms with Crippen LogP contribution in [0.25, 0.3) is 0 Å². The van der Waals surface area contributed by atoms with Crippen molar-refractivity contribution in [3.63, 3.8) is 0 Å². The van der Waals surface area contributed by atoms with Crippen molar-refractivity contribution in [3.8, 4) is 0 Å². The molecule has 0 aliphatic rings. The van der Waals surface area contributed by atoms with Crippen molar-refractivity contribution in [2.24, 2.45) is 0 Å². The minimum Gasteiger partial charge on any atom is -0.325 e. The molecule has 0 heterocycles. The molecule has 1 atom stereocenters. The Morgan fingerprint density at radius 2 is 2.05 bits per heavy atom. The Bertz CT molecular complexity index is 585. The molecule has 0 aliphatic heterocycles. The highest BCUT2D eigenvalue weighted by Gasteiger charge is 2.18. The van der Waals surface area contributed by atoms with Crippen LogP contribution in [0, 0.1) is 0 Å². The Balaban J connectivity index is 3.16. The number of nitrogens with one attached hydrogen (secondary N) is 2. The van der Waals surface area contributed by atoms with Crippen LogP contribution in [0.1, 0.15) is 27.2 Å². The molecule has 0 saturated heterocycles. The predicted molar refractivity (Wildman–Crippen MR) is 82.6 cm³/mol. The quantitative estimate of drug-likeness (QED) is 0.791. The smallest absolute Gasteiger partial charge is 0.240 e. The van der Waals surface area contributed by atoms with Gasteiger partial charge in [0.25, 0.3) is 0 Å². The van der Waals surface area contributed by atoms with Gasteiger partial charge in [-0.2, -0.15) is 0 Å². The second kappa shape index (κ2) is 7.10. The van der Waals surface area contributed by atoms with Crippen LogP contribution in [0.3, 0.4) is 0 Å². The highest BCUT2D eigenvalue weighted by atomic mass is 32.2. The molecule has 1 amide bonds. The maximum absolute atomic E-state index is 12.2. The summed E-state index contributed by atoms with van der Waals surface area (Å²) in [7, 11) is -3.57. The summed E-state index contributed by atoms with van der Waals surface area (Å²) < 4.78 is 27.0. The zero-order valence-corrected chi connectivity index (χ0v) is 13.7. The van der Waals surface area contributed by atoms with E-state index in [-0.39, 0.29) is 16.8 Å². The lowest BCUT2D eigenvalue weighted by Crippen LogP contribution is -2.32. The summed E-state index contributed by atoms with van der Waals surface area (Å²) in [5.41, 5.74) is 0.511. The third kappa shape index (κ3) is 4.50. The molecule has 20 heavy (non-hydrogen) atoms. The first kappa shape index (κ1) is 17.0. The average molecular weight is 316 g/mol. The second-order valence-corrected chi connectivity index (χ2v) is 7.04. The van der Waals surface area contributed by atoms with Crippen LogP contribution in [-0.2, 0) is 14.8 Å². The van der Waals surface area contributed by atoms with Gasteiger partial charge in [0.1, 0.15) is 0 Å². The van der Waals surface area contributed by atoms with E-state index in [1.165, 1.54) is 24.8 Å². The number of anilines is 1. The lowest BCUT2D eigenvalue weighted by molar-refractivity contribution is -0.114. The molecule has 112 valence electrons. The first-order chi connectivity index (χ1) is 9.30. The summed E-state index contributed by atoms with van der Waals surface area (Å²) in [4.78, 5) is 12.2. The van der Waals surface area contributed by atoms with E-state index >= 15 is 0 Å². The fraction of sp³-hybridized carbons (Fsp3) is 0.462. The molecule has 0 aliphatic carbocycles. The SMILES string of the molecule is CC[C@H](C)NS(=O)(=O)c1ccc(SC)c(NC(C)=O)c1. The molecule has 1 aromatic rings. The predicted octanol–water partition coefficient (Wildman–Crippen LogP) is 2.44. The number of sulfonamides is 1. The van der Waals surface area contributed by atoms with Gasteiger partial charge in [0.15, 0.2) is 0 Å². The van der Waals surface area contributed by atoms with E-state index in [0.717, 1.165) is 4.90 Å². The summed E-state index contributed by atoms with van der Waals surface area (Å²) in [6.45, 7) is 5.11. The molecule has 1 aromatic carbocycles. The van der Waals surface area contributed by atoms with Gasteiger partial charge in [-0.1, -0.05) is 6.92 Å². The fourth-order valence-electron chi connectivity index (χ4n) is 1.56. The molecule has 0 fully saturated rings. The summed E-state index contributed by atoms with van der Waals surface area (Å²) in [6, 6.07) is 4.59. The number of amides is 1. The van der Waals surface area contributed by atoms with Gasteiger partial charge in [-0.3, -0.25) is 4.79 Å². The Morgan fingerprint density at radius 1 is 1.40 bits per heavy atom. The van der Waals surface area contributed by atoms with Gasteiger partial charge >= 0.3 is 0 Å². The molecule has 7 heteroatoms. The molecule has 0 bridgehead atoms. The van der Waals surface area contributed by atoms with Crippen LogP contribution >= 0.6 is 11.8 Å². The van der Waals surface area contributed by atoms with E-state index in [0.29, 0.717) is 12.1 Å². The Kier molecular flexibility index (Phi) is 6.04. The standard InChI is InChI=1S/C13H20N2O3S2/c1-5-9(2)15-20(17,18)11-6-7-13(19-4)12(8-11)14-10(3)16/h6-9,15H,5H2,1-4H3,(H,14,16)/t9-/m0/s1. The number of thioether (sulfide) groups is 1. The third-order valence-corrected chi connectivity index (χ3v) is 5.14. The molecular weight excluding hydrogens is 296 g/mol. The minimum atomic E-state index is -3.57. The zero-order valence-electron chi connectivity index (χ0n) is 12.1. The van der Waals surface area contributed by atoms with Crippen molar-refractivity contribution in [1.82, 2.24) is 4.72 Å². The molecular formula is C13H20N2O3S2. The van der Waals surface area contributed by atoms with Crippen molar-refractivity contribution < 1.29 is 13.2 Å². The van der Waals surface area contributed by atoms with Crippen molar-refractivity contribution in [2.45, 2.75) is 43.0 Å². The molecule has 2 N–H and O–H groups in total. The summed E-state index contributed by atoms with van der Waals surface area (Å²) in [6.07, 6.45) is 2.58. The van der Waals surface area contributed by atoms with Crippen LogP contribution in [0.15, 0.2) is 28.0 Å². The van der Waals surface area contributed by atoms with Crippen molar-refractivity contribution in [1.29, 1.82) is 0 Å². The number of rotatable bonds is 6. The normalized spacial score (nSPS) is 13.0. The van der Waals surface area contributed by atoms with Gasteiger partial charge in [-0.05, 0) is 37.8 Å². The number of benzene rings is 1. The maximum atomic E-state index is 12.2. The molecule has 1 rings (SSSR count). The van der Waals surface area contributed by atoms with Gasteiger partial charge in [0.2, 0.25) is 15.9 Å². The monoisotopic (exact) mass is 316 g/mol. The van der Waals surface area contributed by atoms with Gasteiger partial charge in [-0.25, -0.2) is 13.1 Å². The summed E-state index contributed by atoms with van der Waals surface area (Å²) >= 11 is 1.45. The number of hydrogen-bond donors (Lipinski definition) is 2. The number of carbonyl (C=O) groups excluding carboxylic acids is 1. The first-order valence-electron chi connectivity index (χ1n) is 6.28. The number of hydrogen-bond acceptors (Lipinski definition) is 4. The zero-order chi connectivity index (χ0) is 15.3. The van der Waals surface area contributed by atoms with Crippen LogP contribution in [0.2, 0.25) is 0 Å². The molecule has 5 nitrogen and oxygen atoms in total. The summed E-state index contributed by atoms with van der Waals surface area (Å²) in [5.74, 6) is -0.232. The topological polar surface area (TPSA) is 75.3 Å². The van der Waals surface area contributed by atoms with Crippen LogP contribution in [-0.4, -0.2) is 26.6 Å². The average Bonchev–Trinajstić information content (AvgIpc) is 2.37. The van der Waals surface area contributed by atoms with Gasteiger partial charge in [-0.15, -0.1) is 11.8 Å². The van der Waals surface area contributed by atoms with Crippen LogP contribution < -0.4 is 10.0 Å². The molecule has 0 spiro atoms. The highest BCUT2D eigenvalue weighted by Crippen LogP contribution is 2.28. The summed E-state index contributed by atoms with van der Waals surface area (Å²) in [5, 5.41) is 2.65. The largest absolute Gasteiger partial charge is 0.325 e. The number of carbonyl (C=O) groups is 1.